The van der Waals surface area contributed by atoms with Crippen LogP contribution in [0.25, 0.3) is 10.9 Å². The Morgan fingerprint density at radius 3 is 2.64 bits per heavy atom. The number of benzene rings is 2. The van der Waals surface area contributed by atoms with E-state index in [-0.39, 0.29) is 29.1 Å². The quantitative estimate of drug-likeness (QED) is 0.677. The molecule has 0 unspecified atom stereocenters. The SMILES string of the molecule is O=C(O)c1[nH]c2ccc(F)cc2c1NC(=O)[C@@H]1C[C@@H]1c1ccccc1. The number of aromatic carboxylic acids is 1. The molecule has 1 amide bonds. The van der Waals surface area contributed by atoms with Crippen molar-refractivity contribution < 1.29 is 19.1 Å². The van der Waals surface area contributed by atoms with Crippen molar-refractivity contribution in [3.63, 3.8) is 0 Å². The Morgan fingerprint density at radius 2 is 1.92 bits per heavy atom. The van der Waals surface area contributed by atoms with E-state index in [1.54, 1.807) is 0 Å². The molecule has 0 saturated heterocycles. The molecule has 1 heterocycles. The van der Waals surface area contributed by atoms with Crippen LogP contribution >= 0.6 is 0 Å². The van der Waals surface area contributed by atoms with Gasteiger partial charge in [-0.25, -0.2) is 9.18 Å². The van der Waals surface area contributed by atoms with Crippen molar-refractivity contribution >= 4 is 28.5 Å². The van der Waals surface area contributed by atoms with Crippen molar-refractivity contribution in [1.29, 1.82) is 0 Å². The van der Waals surface area contributed by atoms with E-state index in [2.05, 4.69) is 10.3 Å². The average molecular weight is 338 g/mol. The molecule has 25 heavy (non-hydrogen) atoms. The topological polar surface area (TPSA) is 82.2 Å². The lowest BCUT2D eigenvalue weighted by Crippen LogP contribution is -2.16. The minimum absolute atomic E-state index is 0.116. The van der Waals surface area contributed by atoms with Gasteiger partial charge in [-0.1, -0.05) is 30.3 Å². The lowest BCUT2D eigenvalue weighted by molar-refractivity contribution is -0.117. The maximum absolute atomic E-state index is 13.5. The third-order valence-corrected chi connectivity index (χ3v) is 4.58. The van der Waals surface area contributed by atoms with Crippen LogP contribution in [0.4, 0.5) is 10.1 Å². The van der Waals surface area contributed by atoms with E-state index >= 15 is 0 Å². The smallest absolute Gasteiger partial charge is 0.354 e. The van der Waals surface area contributed by atoms with Crippen LogP contribution in [-0.2, 0) is 4.79 Å². The van der Waals surface area contributed by atoms with Crippen LogP contribution < -0.4 is 5.32 Å². The van der Waals surface area contributed by atoms with E-state index < -0.39 is 11.8 Å². The number of carbonyl (C=O) groups is 2. The maximum Gasteiger partial charge on any atom is 0.354 e. The number of nitrogens with one attached hydrogen (secondary N) is 2. The second kappa shape index (κ2) is 5.73. The first-order chi connectivity index (χ1) is 12.0. The Kier molecular flexibility index (Phi) is 3.53. The molecule has 0 spiro atoms. The summed E-state index contributed by atoms with van der Waals surface area (Å²) in [6.07, 6.45) is 0.717. The summed E-state index contributed by atoms with van der Waals surface area (Å²) in [5.74, 6) is -2.02. The lowest BCUT2D eigenvalue weighted by Gasteiger charge is -2.06. The fourth-order valence-corrected chi connectivity index (χ4v) is 3.22. The highest BCUT2D eigenvalue weighted by Crippen LogP contribution is 2.48. The second-order valence-electron chi connectivity index (χ2n) is 6.22. The minimum atomic E-state index is -1.21. The fourth-order valence-electron chi connectivity index (χ4n) is 3.22. The molecule has 3 N–H and O–H groups in total. The van der Waals surface area contributed by atoms with Gasteiger partial charge in [-0.2, -0.15) is 0 Å². The molecule has 4 rings (SSSR count). The molecule has 1 aliphatic carbocycles. The van der Waals surface area contributed by atoms with Crippen LogP contribution in [-0.4, -0.2) is 22.0 Å². The van der Waals surface area contributed by atoms with Gasteiger partial charge in [0.1, 0.15) is 11.5 Å². The Labute approximate surface area is 142 Å². The summed E-state index contributed by atoms with van der Waals surface area (Å²) in [4.78, 5) is 26.7. The number of halogens is 1. The molecule has 2 aromatic carbocycles. The molecule has 5 nitrogen and oxygen atoms in total. The number of aromatic amines is 1. The van der Waals surface area contributed by atoms with Crippen LogP contribution in [0.1, 0.15) is 28.4 Å². The number of amides is 1. The summed E-state index contributed by atoms with van der Waals surface area (Å²) in [6, 6.07) is 13.6. The number of carboxylic acids is 1. The first-order valence-corrected chi connectivity index (χ1v) is 7.95. The summed E-state index contributed by atoms with van der Waals surface area (Å²) >= 11 is 0. The fraction of sp³-hybridized carbons (Fsp3) is 0.158. The molecule has 1 fully saturated rings. The van der Waals surface area contributed by atoms with E-state index in [1.165, 1.54) is 18.2 Å². The average Bonchev–Trinajstić information content (AvgIpc) is 3.33. The first-order valence-electron chi connectivity index (χ1n) is 7.95. The van der Waals surface area contributed by atoms with E-state index in [0.29, 0.717) is 10.9 Å². The van der Waals surface area contributed by atoms with Gasteiger partial charge in [-0.15, -0.1) is 0 Å². The maximum atomic E-state index is 13.5. The number of hydrogen-bond donors (Lipinski definition) is 3. The Bertz CT molecular complexity index is 981. The molecule has 3 aromatic rings. The van der Waals surface area contributed by atoms with Crippen molar-refractivity contribution in [1.82, 2.24) is 4.98 Å². The van der Waals surface area contributed by atoms with Crippen LogP contribution in [0.15, 0.2) is 48.5 Å². The van der Waals surface area contributed by atoms with Gasteiger partial charge in [0.2, 0.25) is 5.91 Å². The van der Waals surface area contributed by atoms with Crippen molar-refractivity contribution in [3.8, 4) is 0 Å². The highest BCUT2D eigenvalue weighted by molar-refractivity contribution is 6.11. The molecule has 1 saturated carbocycles. The van der Waals surface area contributed by atoms with Gasteiger partial charge in [-0.05, 0) is 36.1 Å². The van der Waals surface area contributed by atoms with E-state index in [1.807, 2.05) is 30.3 Å². The highest BCUT2D eigenvalue weighted by atomic mass is 19.1. The Hall–Kier alpha value is -3.15. The third kappa shape index (κ3) is 2.76. The largest absolute Gasteiger partial charge is 0.477 e. The van der Waals surface area contributed by atoms with Gasteiger partial charge in [0.15, 0.2) is 0 Å². The van der Waals surface area contributed by atoms with Crippen LogP contribution in [0.5, 0.6) is 0 Å². The standard InChI is InChI=1S/C19H15FN2O3/c20-11-6-7-15-14(8-11)16(17(21-15)19(24)25)22-18(23)13-9-12(13)10-4-2-1-3-5-10/h1-8,12-13,21H,9H2,(H,22,23)(H,24,25)/t12-,13-/m1/s1. The minimum Gasteiger partial charge on any atom is -0.477 e. The molecule has 1 aromatic heterocycles. The van der Waals surface area contributed by atoms with Gasteiger partial charge in [-0.3, -0.25) is 4.79 Å². The zero-order valence-corrected chi connectivity index (χ0v) is 13.1. The molecular weight excluding hydrogens is 323 g/mol. The lowest BCUT2D eigenvalue weighted by atomic mass is 10.1. The van der Waals surface area contributed by atoms with Crippen molar-refractivity contribution in [3.05, 3.63) is 65.6 Å². The monoisotopic (exact) mass is 338 g/mol. The van der Waals surface area contributed by atoms with Crippen LogP contribution in [0.2, 0.25) is 0 Å². The number of rotatable bonds is 4. The number of carboxylic acid groups (broad SMARTS) is 1. The Morgan fingerprint density at radius 1 is 1.16 bits per heavy atom. The summed E-state index contributed by atoms with van der Waals surface area (Å²) in [6.45, 7) is 0. The molecule has 0 bridgehead atoms. The van der Waals surface area contributed by atoms with Gasteiger partial charge in [0.05, 0.1) is 5.69 Å². The molecule has 2 atom stereocenters. The molecule has 6 heteroatoms. The van der Waals surface area contributed by atoms with E-state index in [4.69, 9.17) is 0 Å². The predicted octanol–water partition coefficient (Wildman–Crippen LogP) is 3.75. The summed E-state index contributed by atoms with van der Waals surface area (Å²) in [5.41, 5.74) is 1.52. The van der Waals surface area contributed by atoms with Gasteiger partial charge in [0, 0.05) is 16.8 Å². The number of aromatic nitrogens is 1. The first kappa shape index (κ1) is 15.4. The third-order valence-electron chi connectivity index (χ3n) is 4.58. The molecule has 126 valence electrons. The zero-order chi connectivity index (χ0) is 17.6. The number of fused-ring (bicyclic) bond motifs is 1. The molecule has 0 radical (unpaired) electrons. The van der Waals surface area contributed by atoms with Crippen molar-refractivity contribution in [2.45, 2.75) is 12.3 Å². The van der Waals surface area contributed by atoms with Gasteiger partial charge in [0.25, 0.3) is 0 Å². The second-order valence-corrected chi connectivity index (χ2v) is 6.22. The van der Waals surface area contributed by atoms with Crippen LogP contribution in [0.3, 0.4) is 0 Å². The highest BCUT2D eigenvalue weighted by Gasteiger charge is 2.44. The number of H-pyrrole nitrogens is 1. The van der Waals surface area contributed by atoms with Gasteiger partial charge >= 0.3 is 5.97 Å². The molecular formula is C19H15FN2O3. The van der Waals surface area contributed by atoms with Gasteiger partial charge < -0.3 is 15.4 Å². The summed E-state index contributed by atoms with van der Waals surface area (Å²) in [7, 11) is 0. The number of carbonyl (C=O) groups excluding carboxylic acids is 1. The summed E-state index contributed by atoms with van der Waals surface area (Å²) in [5, 5.41) is 12.4. The zero-order valence-electron chi connectivity index (χ0n) is 13.1. The van der Waals surface area contributed by atoms with Crippen LogP contribution in [0, 0.1) is 11.7 Å². The normalized spacial score (nSPS) is 18.9. The molecule has 1 aliphatic rings. The number of hydrogen-bond acceptors (Lipinski definition) is 2. The predicted molar refractivity (Wildman–Crippen MR) is 91.1 cm³/mol. The van der Waals surface area contributed by atoms with E-state index in [9.17, 15) is 19.1 Å². The van der Waals surface area contributed by atoms with Crippen molar-refractivity contribution in [2.24, 2.45) is 5.92 Å². The summed E-state index contributed by atoms with van der Waals surface area (Å²) < 4.78 is 13.5. The Balaban J connectivity index is 1.62. The van der Waals surface area contributed by atoms with E-state index in [0.717, 1.165) is 12.0 Å². The number of anilines is 1. The van der Waals surface area contributed by atoms with Crippen molar-refractivity contribution in [2.75, 3.05) is 5.32 Å². The molecule has 0 aliphatic heterocycles.